The molecule has 0 bridgehead atoms. The van der Waals surface area contributed by atoms with Gasteiger partial charge in [-0.3, -0.25) is 5.32 Å². The van der Waals surface area contributed by atoms with Crippen molar-refractivity contribution in [3.63, 3.8) is 0 Å². The Balaban J connectivity index is 2.26. The summed E-state index contributed by atoms with van der Waals surface area (Å²) >= 11 is 5.46. The molecule has 2 rings (SSSR count). The van der Waals surface area contributed by atoms with Crippen molar-refractivity contribution in [2.75, 3.05) is 0 Å². The van der Waals surface area contributed by atoms with Gasteiger partial charge in [0.1, 0.15) is 4.99 Å². The van der Waals surface area contributed by atoms with Crippen molar-refractivity contribution < 1.29 is 4.79 Å². The summed E-state index contributed by atoms with van der Waals surface area (Å²) in [6.45, 7) is 8.00. The monoisotopic (exact) mass is 314 g/mol. The largest absolute Gasteiger partial charge is 0.322 e. The fourth-order valence-electron chi connectivity index (χ4n) is 2.72. The zero-order valence-electron chi connectivity index (χ0n) is 13.5. The van der Waals surface area contributed by atoms with E-state index >= 15 is 0 Å². The summed E-state index contributed by atoms with van der Waals surface area (Å²) in [5.74, 6) is 0. The number of hydrogen-bond donors (Lipinski definition) is 1. The minimum absolute atomic E-state index is 0.121. The van der Waals surface area contributed by atoms with Crippen molar-refractivity contribution in [3.05, 3.63) is 48.0 Å². The van der Waals surface area contributed by atoms with Gasteiger partial charge in [0.05, 0.1) is 0 Å². The van der Waals surface area contributed by atoms with Gasteiger partial charge >= 0.3 is 6.03 Å². The lowest BCUT2D eigenvalue weighted by atomic mass is 10.0. The Morgan fingerprint density at radius 3 is 2.23 bits per heavy atom. The summed E-state index contributed by atoms with van der Waals surface area (Å²) in [6, 6.07) is 14.1. The minimum Gasteiger partial charge on any atom is -0.320 e. The second-order valence-corrected chi connectivity index (χ2v) is 6.29. The average Bonchev–Trinajstić information content (AvgIpc) is 2.45. The number of amides is 2. The van der Waals surface area contributed by atoms with Gasteiger partial charge in [-0.25, -0.2) is 4.79 Å². The zero-order valence-corrected chi connectivity index (χ0v) is 14.3. The molecule has 0 aliphatic carbocycles. The molecule has 0 atom stereocenters. The van der Waals surface area contributed by atoms with E-state index in [1.54, 1.807) is 4.90 Å². The molecular formula is C18H22N2OS. The molecule has 1 N–H and O–H groups in total. The van der Waals surface area contributed by atoms with E-state index in [1.807, 2.05) is 70.2 Å². The van der Waals surface area contributed by atoms with E-state index in [0.717, 1.165) is 16.3 Å². The molecule has 0 fully saturated rings. The van der Waals surface area contributed by atoms with Crippen LogP contribution in [0.1, 0.15) is 33.3 Å². The molecule has 4 heteroatoms. The Morgan fingerprint density at radius 1 is 1.00 bits per heavy atom. The molecule has 0 saturated heterocycles. The van der Waals surface area contributed by atoms with Gasteiger partial charge in [-0.05, 0) is 38.5 Å². The van der Waals surface area contributed by atoms with E-state index in [9.17, 15) is 4.79 Å². The predicted molar refractivity (Wildman–Crippen MR) is 96.3 cm³/mol. The minimum atomic E-state index is -0.150. The van der Waals surface area contributed by atoms with Crippen LogP contribution in [-0.4, -0.2) is 28.0 Å². The maximum absolute atomic E-state index is 12.5. The molecule has 0 unspecified atom stereocenters. The van der Waals surface area contributed by atoms with Crippen molar-refractivity contribution >= 4 is 34.0 Å². The molecule has 0 aromatic heterocycles. The van der Waals surface area contributed by atoms with Crippen molar-refractivity contribution in [2.45, 2.75) is 39.8 Å². The summed E-state index contributed by atoms with van der Waals surface area (Å²) in [6.07, 6.45) is 0. The first-order chi connectivity index (χ1) is 10.4. The molecule has 3 nitrogen and oxygen atoms in total. The summed E-state index contributed by atoms with van der Waals surface area (Å²) in [5, 5.41) is 5.03. The highest BCUT2D eigenvalue weighted by atomic mass is 32.1. The number of nitrogens with zero attached hydrogens (tertiary/aromatic N) is 1. The zero-order chi connectivity index (χ0) is 16.3. The van der Waals surface area contributed by atoms with Crippen LogP contribution in [-0.2, 0) is 0 Å². The van der Waals surface area contributed by atoms with Gasteiger partial charge in [0.25, 0.3) is 0 Å². The molecular weight excluding hydrogens is 292 g/mol. The smallest absolute Gasteiger partial charge is 0.320 e. The van der Waals surface area contributed by atoms with Crippen molar-refractivity contribution in [1.29, 1.82) is 0 Å². The van der Waals surface area contributed by atoms with Crippen LogP contribution in [0.2, 0.25) is 0 Å². The van der Waals surface area contributed by atoms with Crippen molar-refractivity contribution in [3.8, 4) is 0 Å². The highest BCUT2D eigenvalue weighted by molar-refractivity contribution is 7.80. The Bertz CT molecular complexity index is 681. The third-order valence-electron chi connectivity index (χ3n) is 3.60. The first-order valence-electron chi connectivity index (χ1n) is 7.53. The number of carbonyl (C=O) groups excluding carboxylic acids is 1. The molecule has 0 aliphatic rings. The van der Waals surface area contributed by atoms with Crippen LogP contribution in [0.4, 0.5) is 4.79 Å². The number of urea groups is 1. The maximum atomic E-state index is 12.5. The van der Waals surface area contributed by atoms with Gasteiger partial charge in [-0.1, -0.05) is 54.7 Å². The van der Waals surface area contributed by atoms with Crippen LogP contribution in [0, 0.1) is 0 Å². The molecule has 0 aliphatic heterocycles. The van der Waals surface area contributed by atoms with Crippen LogP contribution in [0.5, 0.6) is 0 Å². The highest BCUT2D eigenvalue weighted by Crippen LogP contribution is 2.19. The Morgan fingerprint density at radius 2 is 1.59 bits per heavy atom. The molecule has 0 radical (unpaired) electrons. The molecule has 0 heterocycles. The molecule has 2 aromatic rings. The first kappa shape index (κ1) is 16.4. The summed E-state index contributed by atoms with van der Waals surface area (Å²) in [7, 11) is 0. The lowest BCUT2D eigenvalue weighted by Gasteiger charge is -2.30. The highest BCUT2D eigenvalue weighted by Gasteiger charge is 2.21. The molecule has 2 aromatic carbocycles. The lowest BCUT2D eigenvalue weighted by molar-refractivity contribution is 0.170. The number of carbonyl (C=O) groups is 1. The summed E-state index contributed by atoms with van der Waals surface area (Å²) < 4.78 is 0. The number of thiocarbonyl (C=S) groups is 1. The van der Waals surface area contributed by atoms with Gasteiger partial charge < -0.3 is 4.90 Å². The van der Waals surface area contributed by atoms with Crippen molar-refractivity contribution in [1.82, 2.24) is 10.2 Å². The van der Waals surface area contributed by atoms with E-state index in [1.165, 1.54) is 0 Å². The average molecular weight is 314 g/mol. The van der Waals surface area contributed by atoms with Gasteiger partial charge in [0.2, 0.25) is 0 Å². The number of rotatable bonds is 3. The van der Waals surface area contributed by atoms with Gasteiger partial charge in [-0.2, -0.15) is 0 Å². The van der Waals surface area contributed by atoms with Crippen LogP contribution in [0.3, 0.4) is 0 Å². The predicted octanol–water partition coefficient (Wildman–Crippen LogP) is 4.34. The second-order valence-electron chi connectivity index (χ2n) is 5.88. The van der Waals surface area contributed by atoms with E-state index in [0.29, 0.717) is 4.99 Å². The molecule has 22 heavy (non-hydrogen) atoms. The summed E-state index contributed by atoms with van der Waals surface area (Å²) in [5.41, 5.74) is 0.883. The Hall–Kier alpha value is -1.94. The Labute approximate surface area is 137 Å². The van der Waals surface area contributed by atoms with Crippen LogP contribution in [0.15, 0.2) is 42.5 Å². The third kappa shape index (κ3) is 3.45. The van der Waals surface area contributed by atoms with Gasteiger partial charge in [0, 0.05) is 17.6 Å². The maximum Gasteiger partial charge on any atom is 0.322 e. The standard InChI is InChI=1S/C18H22N2OS/c1-12(2)20(13(3)4)18(21)19-17(22)16-11-7-9-14-8-5-6-10-15(14)16/h5-13H,1-4H3,(H,19,21,22). The topological polar surface area (TPSA) is 32.3 Å². The second kappa shape index (κ2) is 6.88. The third-order valence-corrected chi connectivity index (χ3v) is 3.92. The number of hydrogen-bond acceptors (Lipinski definition) is 2. The van der Waals surface area contributed by atoms with E-state index in [-0.39, 0.29) is 18.1 Å². The van der Waals surface area contributed by atoms with Crippen LogP contribution < -0.4 is 5.32 Å². The lowest BCUT2D eigenvalue weighted by Crippen LogP contribution is -2.49. The van der Waals surface area contributed by atoms with E-state index < -0.39 is 0 Å². The number of benzene rings is 2. The van der Waals surface area contributed by atoms with Crippen LogP contribution >= 0.6 is 12.2 Å². The molecule has 2 amide bonds. The number of fused-ring (bicyclic) bond motifs is 1. The van der Waals surface area contributed by atoms with Crippen LogP contribution in [0.25, 0.3) is 10.8 Å². The fourth-order valence-corrected chi connectivity index (χ4v) is 2.98. The SMILES string of the molecule is CC(C)N(C(=O)NC(=S)c1cccc2ccccc12)C(C)C. The Kier molecular flexibility index (Phi) is 5.14. The van der Waals surface area contributed by atoms with Crippen molar-refractivity contribution in [2.24, 2.45) is 0 Å². The molecule has 0 spiro atoms. The van der Waals surface area contributed by atoms with Gasteiger partial charge in [0.15, 0.2) is 0 Å². The van der Waals surface area contributed by atoms with E-state index in [4.69, 9.17) is 12.2 Å². The van der Waals surface area contributed by atoms with Gasteiger partial charge in [-0.15, -0.1) is 0 Å². The number of nitrogens with one attached hydrogen (secondary N) is 1. The first-order valence-corrected chi connectivity index (χ1v) is 7.94. The quantitative estimate of drug-likeness (QED) is 0.855. The molecule has 0 saturated carbocycles. The fraction of sp³-hybridized carbons (Fsp3) is 0.333. The van der Waals surface area contributed by atoms with E-state index in [2.05, 4.69) is 5.32 Å². The molecule has 116 valence electrons. The normalized spacial score (nSPS) is 11.0. The summed E-state index contributed by atoms with van der Waals surface area (Å²) in [4.78, 5) is 14.7.